The molecule has 1 heterocycles. The smallest absolute Gasteiger partial charge is 0.540 e. The Labute approximate surface area is 521 Å². The highest BCUT2D eigenvalue weighted by molar-refractivity contribution is 14.1. The summed E-state index contributed by atoms with van der Waals surface area (Å²) in [5.74, 6) is -1.70. The van der Waals surface area contributed by atoms with Gasteiger partial charge in [0.2, 0.25) is 0 Å². The number of carboxylic acid groups (broad SMARTS) is 2. The number of ketones is 2. The van der Waals surface area contributed by atoms with Crippen molar-refractivity contribution in [3.05, 3.63) is 194 Å². The number of allylic oxidation sites excluding steroid dienone is 7. The summed E-state index contributed by atoms with van der Waals surface area (Å²) in [5, 5.41) is 27.3. The number of fused-ring (bicyclic) bond motifs is 5. The number of rotatable bonds is 13. The molecule has 3 N–H and O–H groups in total. The molecule has 0 aromatic heterocycles. The molecule has 0 unspecified atom stereocenters. The van der Waals surface area contributed by atoms with Crippen LogP contribution >= 0.6 is 116 Å². The van der Waals surface area contributed by atoms with Gasteiger partial charge in [0.25, 0.3) is 0 Å². The number of esters is 2. The Balaban J connectivity index is 0.000000153. The quantitative estimate of drug-likeness (QED) is 0.0442. The second-order valence-corrected chi connectivity index (χ2v) is 25.1. The lowest BCUT2D eigenvalue weighted by atomic mass is 9.94. The number of ether oxygens (including phenoxy) is 1. The Hall–Kier alpha value is -4.48. The van der Waals surface area contributed by atoms with Gasteiger partial charge in [0.15, 0.2) is 11.6 Å². The summed E-state index contributed by atoms with van der Waals surface area (Å²) in [7, 11) is 0.694. The average molecular weight is 1520 g/mol. The van der Waals surface area contributed by atoms with Crippen molar-refractivity contribution in [2.24, 2.45) is 0 Å². The summed E-state index contributed by atoms with van der Waals surface area (Å²) in [6.07, 6.45) is 13.1. The number of carbonyl (C=O) groups excluding carboxylic acids is 4. The molecule has 1 aliphatic heterocycles. The van der Waals surface area contributed by atoms with E-state index in [9.17, 15) is 28.8 Å². The van der Waals surface area contributed by atoms with Crippen LogP contribution in [0.3, 0.4) is 0 Å². The van der Waals surface area contributed by atoms with Crippen LogP contribution in [0.1, 0.15) is 113 Å². The Morgan fingerprint density at radius 2 is 1.09 bits per heavy atom. The number of carbonyl (C=O) groups is 6. The molecule has 0 amide bonds. The number of Topliss-reactive ketones (excluding diaryl/α,β-unsaturated/α-hetero) is 2. The fourth-order valence-corrected chi connectivity index (χ4v) is 12.8. The normalized spacial score (nSPS) is 14.8. The fraction of sp³-hybridized carbons (Fsp3) is 0.233. The molecule has 0 spiro atoms. The first-order chi connectivity index (χ1) is 37.7. The Morgan fingerprint density at radius 3 is 1.65 bits per heavy atom. The number of hydrogen-bond donors (Lipinski definition) is 3. The SMILES string of the molecule is Brc1ccc2c(c1)CC(I)=C2.O=C(O)CCCC(=O)C1=C(C2=Cc3cc(Cl)ccc3C2)Cc2cc(Br)ccc21.O=C(O)CCCC(=O)C1=C(I)Cc2cc(Br)ccc21.O=C1CCCC(=O)O1.O[B]OC1=Cc2cc(Cl)ccc2C1. The molecule has 6 aliphatic rings. The van der Waals surface area contributed by atoms with Gasteiger partial charge in [-0.2, -0.15) is 0 Å². The van der Waals surface area contributed by atoms with E-state index in [2.05, 4.69) is 134 Å². The van der Waals surface area contributed by atoms with Gasteiger partial charge in [-0.15, -0.1) is 0 Å². The van der Waals surface area contributed by atoms with E-state index in [1.165, 1.54) is 30.3 Å². The van der Waals surface area contributed by atoms with Crippen molar-refractivity contribution in [1.29, 1.82) is 0 Å². The molecule has 5 aliphatic carbocycles. The minimum Gasteiger partial charge on any atom is -0.540 e. The highest BCUT2D eigenvalue weighted by Crippen LogP contribution is 2.43. The lowest BCUT2D eigenvalue weighted by Crippen LogP contribution is -2.17. The van der Waals surface area contributed by atoms with Gasteiger partial charge in [0, 0.05) is 96.0 Å². The number of carboxylic acids is 2. The van der Waals surface area contributed by atoms with Crippen LogP contribution < -0.4 is 0 Å². The highest BCUT2D eigenvalue weighted by atomic mass is 127. The van der Waals surface area contributed by atoms with Crippen molar-refractivity contribution in [1.82, 2.24) is 0 Å². The highest BCUT2D eigenvalue weighted by Gasteiger charge is 2.31. The average Bonchev–Trinajstić information content (AvgIpc) is 4.40. The Kier molecular flexibility index (Phi) is 23.2. The molecule has 11 rings (SSSR count). The number of benzene rings is 5. The summed E-state index contributed by atoms with van der Waals surface area (Å²) in [6, 6.07) is 29.9. The largest absolute Gasteiger partial charge is 0.569 e. The zero-order chi connectivity index (χ0) is 56.9. The first kappa shape index (κ1) is 62.1. The molecular weight excluding hydrogens is 1470 g/mol. The monoisotopic (exact) mass is 1520 g/mol. The van der Waals surface area contributed by atoms with E-state index in [0.29, 0.717) is 69.1 Å². The van der Waals surface area contributed by atoms with Gasteiger partial charge >= 0.3 is 31.6 Å². The molecule has 5 aromatic carbocycles. The van der Waals surface area contributed by atoms with Crippen LogP contribution in [0.4, 0.5) is 0 Å². The summed E-state index contributed by atoms with van der Waals surface area (Å²) < 4.78 is 14.7. The zero-order valence-electron chi connectivity index (χ0n) is 42.1. The molecule has 1 radical (unpaired) electrons. The Morgan fingerprint density at radius 1 is 0.570 bits per heavy atom. The van der Waals surface area contributed by atoms with Crippen molar-refractivity contribution in [2.45, 2.75) is 89.9 Å². The number of hydrogen-bond acceptors (Lipinski definition) is 9. The van der Waals surface area contributed by atoms with Crippen molar-refractivity contribution in [3.63, 3.8) is 0 Å². The zero-order valence-corrected chi connectivity index (χ0v) is 52.7. The van der Waals surface area contributed by atoms with E-state index in [-0.39, 0.29) is 42.8 Å². The summed E-state index contributed by atoms with van der Waals surface area (Å²) >= 11 is 27.0. The summed E-state index contributed by atoms with van der Waals surface area (Å²) in [6.45, 7) is 0. The summed E-state index contributed by atoms with van der Waals surface area (Å²) in [5.41, 5.74) is 15.3. The lowest BCUT2D eigenvalue weighted by Gasteiger charge is -2.09. The first-order valence-electron chi connectivity index (χ1n) is 24.9. The van der Waals surface area contributed by atoms with Crippen molar-refractivity contribution < 1.29 is 53.4 Å². The molecule has 1 saturated heterocycles. The molecule has 1 fully saturated rings. The number of aliphatic carboxylic acids is 2. The molecular formula is C60H49BBr3Cl2I2O11. The van der Waals surface area contributed by atoms with Crippen LogP contribution in [-0.4, -0.2) is 58.4 Å². The molecule has 19 heteroatoms. The lowest BCUT2D eigenvalue weighted by molar-refractivity contribution is -0.163. The minimum atomic E-state index is -0.872. The first-order valence-corrected chi connectivity index (χ1v) is 30.2. The van der Waals surface area contributed by atoms with Gasteiger partial charge in [-0.3, -0.25) is 28.8 Å². The van der Waals surface area contributed by atoms with E-state index < -0.39 is 11.9 Å². The van der Waals surface area contributed by atoms with Crippen LogP contribution in [0.5, 0.6) is 0 Å². The van der Waals surface area contributed by atoms with E-state index >= 15 is 0 Å². The van der Waals surface area contributed by atoms with Crippen molar-refractivity contribution in [2.75, 3.05) is 0 Å². The second kappa shape index (κ2) is 29.5. The third-order valence-corrected chi connectivity index (χ3v) is 16.6. The maximum absolute atomic E-state index is 13.1. The minimum absolute atomic E-state index is 0.00812. The van der Waals surface area contributed by atoms with Gasteiger partial charge in [0.1, 0.15) is 0 Å². The molecule has 0 saturated carbocycles. The molecule has 407 valence electrons. The third kappa shape index (κ3) is 17.8. The maximum atomic E-state index is 13.1. The van der Waals surface area contributed by atoms with Gasteiger partial charge in [0.05, 0.1) is 5.76 Å². The number of halogens is 7. The predicted molar refractivity (Wildman–Crippen MR) is 337 cm³/mol. The van der Waals surface area contributed by atoms with Crippen molar-refractivity contribution in [3.8, 4) is 0 Å². The topological polar surface area (TPSA) is 182 Å². The second-order valence-electron chi connectivity index (χ2n) is 18.8. The van der Waals surface area contributed by atoms with Crippen LogP contribution in [0.2, 0.25) is 10.0 Å². The maximum Gasteiger partial charge on any atom is 0.569 e. The van der Waals surface area contributed by atoms with E-state index in [0.717, 1.165) is 93.2 Å². The van der Waals surface area contributed by atoms with E-state index in [4.69, 9.17) is 43.1 Å². The third-order valence-electron chi connectivity index (χ3n) is 13.1. The fourth-order valence-electron chi connectivity index (χ4n) is 9.48. The number of cyclic esters (lactones) is 2. The van der Waals surface area contributed by atoms with E-state index in [1.54, 1.807) is 0 Å². The van der Waals surface area contributed by atoms with Gasteiger partial charge in [-0.25, -0.2) is 0 Å². The van der Waals surface area contributed by atoms with Crippen LogP contribution in [-0.2, 0) is 70.3 Å². The standard InChI is InChI=1S/C23H18BrClO3.C14H12BrIO3.C9H7BClO2.C9H6BrI.C5H6O3/c24-17-5-7-19-16(10-17)12-20(23(19)21(26)2-1-3-22(27)28)15-8-13-4-6-18(25)11-14(13)9-15;15-9-4-5-10-8(6-9)7-11(16)14(10)12(17)2-1-3-13(18)19;11-8-2-1-6-4-9(13-10-12)5-7(6)3-8;10-8-2-1-6-4-9(11)5-7(6)3-8;6-4-2-1-3-5(7)8-4/h4-7,9-11H,1-3,8,12H2,(H,27,28);4-6H,1-3,7H2,(H,18,19);1-3,5,12H,4H2;1-4H,5H2;1-3H2. The molecule has 79 heavy (non-hydrogen) atoms. The summed E-state index contributed by atoms with van der Waals surface area (Å²) in [4.78, 5) is 67.0. The van der Waals surface area contributed by atoms with E-state index in [1.807, 2.05) is 72.8 Å². The molecule has 5 aromatic rings. The van der Waals surface area contributed by atoms with Crippen LogP contribution in [0.15, 0.2) is 128 Å². The molecule has 11 nitrogen and oxygen atoms in total. The molecule has 0 bridgehead atoms. The van der Waals surface area contributed by atoms with Crippen LogP contribution in [0, 0.1) is 0 Å². The van der Waals surface area contributed by atoms with Crippen molar-refractivity contribution >= 4 is 189 Å². The van der Waals surface area contributed by atoms with Crippen LogP contribution in [0.25, 0.3) is 29.4 Å². The molecule has 0 atom stereocenters. The Bertz CT molecular complexity index is 3410. The van der Waals surface area contributed by atoms with Gasteiger partial charge < -0.3 is 24.6 Å². The predicted octanol–water partition coefficient (Wildman–Crippen LogP) is 15.7. The van der Waals surface area contributed by atoms with Gasteiger partial charge in [-0.1, -0.05) is 107 Å². The van der Waals surface area contributed by atoms with Gasteiger partial charge in [-0.05, 0) is 220 Å².